The van der Waals surface area contributed by atoms with Crippen LogP contribution in [0.4, 0.5) is 17.6 Å². The first-order valence-corrected chi connectivity index (χ1v) is 9.05. The van der Waals surface area contributed by atoms with Crippen molar-refractivity contribution in [3.8, 4) is 11.5 Å². The van der Waals surface area contributed by atoms with Gasteiger partial charge in [0, 0.05) is 29.3 Å². The maximum Gasteiger partial charge on any atom is 0.433 e. The van der Waals surface area contributed by atoms with Crippen LogP contribution >= 0.6 is 11.6 Å². The van der Waals surface area contributed by atoms with Crippen molar-refractivity contribution in [2.75, 3.05) is 0 Å². The van der Waals surface area contributed by atoms with Crippen LogP contribution in [-0.2, 0) is 0 Å². The number of H-pyrrole nitrogens is 1. The molecular weight excluding hydrogens is 438 g/mol. The number of nitrogens with one attached hydrogen (secondary N) is 2. The highest BCUT2D eigenvalue weighted by Crippen LogP contribution is 2.38. The van der Waals surface area contributed by atoms with E-state index in [2.05, 4.69) is 15.2 Å². The van der Waals surface area contributed by atoms with Crippen molar-refractivity contribution in [3.63, 3.8) is 0 Å². The summed E-state index contributed by atoms with van der Waals surface area (Å²) in [6.07, 6.45) is -2.75. The van der Waals surface area contributed by atoms with Crippen LogP contribution in [0.25, 0.3) is 27.4 Å². The van der Waals surface area contributed by atoms with Gasteiger partial charge >= 0.3 is 6.18 Å². The van der Waals surface area contributed by atoms with Crippen LogP contribution in [0.3, 0.4) is 0 Å². The second kappa shape index (κ2) is 7.55. The van der Waals surface area contributed by atoms with Gasteiger partial charge in [-0.25, -0.2) is 9.37 Å². The second-order valence-electron chi connectivity index (χ2n) is 6.43. The van der Waals surface area contributed by atoms with Crippen molar-refractivity contribution in [2.45, 2.75) is 6.18 Å². The van der Waals surface area contributed by atoms with E-state index in [0.29, 0.717) is 22.5 Å². The zero-order valence-electron chi connectivity index (χ0n) is 15.4. The summed E-state index contributed by atoms with van der Waals surface area (Å²) in [5.74, 6) is -0.406. The number of alkyl halides is 3. The average molecular weight is 450 g/mol. The number of hydrogen-bond donors (Lipinski definition) is 3. The minimum Gasteiger partial charge on any atom is -0.456 e. The number of hydrogen-bond acceptors (Lipinski definition) is 5. The fourth-order valence-corrected chi connectivity index (χ4v) is 3.22. The van der Waals surface area contributed by atoms with E-state index in [1.54, 1.807) is 12.1 Å². The van der Waals surface area contributed by atoms with Gasteiger partial charge in [0.2, 0.25) is 0 Å². The van der Waals surface area contributed by atoms with Gasteiger partial charge in [-0.2, -0.15) is 18.3 Å². The van der Waals surface area contributed by atoms with Gasteiger partial charge in [-0.05, 0) is 24.3 Å². The number of aromatic amines is 1. The van der Waals surface area contributed by atoms with E-state index in [4.69, 9.17) is 27.5 Å². The average Bonchev–Trinajstić information content (AvgIpc) is 3.19. The first-order chi connectivity index (χ1) is 14.7. The van der Waals surface area contributed by atoms with Gasteiger partial charge in [0.15, 0.2) is 0 Å². The Morgan fingerprint density at radius 2 is 1.97 bits per heavy atom. The Kier molecular flexibility index (Phi) is 5.02. The third-order valence-corrected chi connectivity index (χ3v) is 4.76. The van der Waals surface area contributed by atoms with E-state index >= 15 is 0 Å². The van der Waals surface area contributed by atoms with Gasteiger partial charge in [-0.3, -0.25) is 10.5 Å². The monoisotopic (exact) mass is 449 g/mol. The zero-order chi connectivity index (χ0) is 22.3. The van der Waals surface area contributed by atoms with E-state index in [1.165, 1.54) is 24.4 Å². The first-order valence-electron chi connectivity index (χ1n) is 8.67. The summed E-state index contributed by atoms with van der Waals surface area (Å²) in [6.45, 7) is 0. The summed E-state index contributed by atoms with van der Waals surface area (Å²) in [7, 11) is 0. The zero-order valence-corrected chi connectivity index (χ0v) is 16.1. The largest absolute Gasteiger partial charge is 0.456 e. The molecule has 0 radical (unpaired) electrons. The maximum atomic E-state index is 13.5. The molecule has 0 fully saturated rings. The number of pyridine rings is 1. The lowest BCUT2D eigenvalue weighted by molar-refractivity contribution is -0.0578. The van der Waals surface area contributed by atoms with Crippen LogP contribution in [0.2, 0.25) is 5.02 Å². The van der Waals surface area contributed by atoms with Crippen LogP contribution in [0.15, 0.2) is 48.8 Å². The summed E-state index contributed by atoms with van der Waals surface area (Å²) in [5.41, 5.74) is 3.83. The quantitative estimate of drug-likeness (QED) is 0.280. The number of halogens is 5. The molecule has 0 bridgehead atoms. The minimum absolute atomic E-state index is 0.101. The Morgan fingerprint density at radius 1 is 1.19 bits per heavy atom. The third-order valence-electron chi connectivity index (χ3n) is 4.47. The molecule has 4 rings (SSSR count). The van der Waals surface area contributed by atoms with Crippen molar-refractivity contribution >= 4 is 44.7 Å². The summed E-state index contributed by atoms with van der Waals surface area (Å²) < 4.78 is 58.8. The van der Waals surface area contributed by atoms with E-state index in [1.807, 2.05) is 0 Å². The van der Waals surface area contributed by atoms with Crippen molar-refractivity contribution in [3.05, 3.63) is 65.3 Å². The number of fused-ring (bicyclic) bond motifs is 3. The molecule has 0 spiro atoms. The molecule has 0 atom stereocenters. The SMILES string of the molecule is N=C(/C(=C\N)c1cc(Oc2ccc(F)c(Cl)c2)c2c(ccc3[nH]ncc32)n1)C(F)(F)F. The fraction of sp³-hybridized carbons (Fsp3) is 0.0500. The molecule has 4 aromatic rings. The highest BCUT2D eigenvalue weighted by Gasteiger charge is 2.37. The highest BCUT2D eigenvalue weighted by molar-refractivity contribution is 6.30. The Morgan fingerprint density at radius 3 is 2.65 bits per heavy atom. The smallest absolute Gasteiger partial charge is 0.433 e. The molecule has 0 saturated carbocycles. The standard InChI is InChI=1S/C20H12ClF4N5O/c21-12-5-9(1-2-13(12)22)31-17-6-16(10(7-26)19(27)20(23,24)25)29-15-4-3-14-11(18(15)17)8-28-30-14/h1-8,27H,26H2,(H,28,30)/b10-7-,27-19?. The number of ether oxygens (including phenoxy) is 1. The number of benzene rings is 2. The molecule has 0 aliphatic heterocycles. The fourth-order valence-electron chi connectivity index (χ4n) is 3.05. The Bertz CT molecular complexity index is 1360. The Labute approximate surface area is 176 Å². The molecule has 0 amide bonds. The molecule has 31 heavy (non-hydrogen) atoms. The Balaban J connectivity index is 1.95. The molecule has 2 heterocycles. The van der Waals surface area contributed by atoms with Gasteiger partial charge in [0.05, 0.1) is 33.3 Å². The predicted octanol–water partition coefficient (Wildman–Crippen LogP) is 5.58. The topological polar surface area (TPSA) is 101 Å². The van der Waals surface area contributed by atoms with Crippen LogP contribution in [0, 0.1) is 11.2 Å². The van der Waals surface area contributed by atoms with Crippen LogP contribution in [-0.4, -0.2) is 27.1 Å². The summed E-state index contributed by atoms with van der Waals surface area (Å²) in [6, 6.07) is 8.09. The van der Waals surface area contributed by atoms with E-state index in [-0.39, 0.29) is 27.7 Å². The molecule has 4 N–H and O–H groups in total. The Hall–Kier alpha value is -3.66. The van der Waals surface area contributed by atoms with Crippen LogP contribution < -0.4 is 10.5 Å². The lowest BCUT2D eigenvalue weighted by atomic mass is 10.0. The highest BCUT2D eigenvalue weighted by atomic mass is 35.5. The van der Waals surface area contributed by atoms with Crippen LogP contribution in [0.1, 0.15) is 5.69 Å². The number of nitrogens with zero attached hydrogens (tertiary/aromatic N) is 2. The molecule has 6 nitrogen and oxygen atoms in total. The molecule has 158 valence electrons. The molecule has 2 aromatic heterocycles. The summed E-state index contributed by atoms with van der Waals surface area (Å²) in [4.78, 5) is 4.25. The summed E-state index contributed by atoms with van der Waals surface area (Å²) in [5, 5.41) is 15.1. The van der Waals surface area contributed by atoms with E-state index < -0.39 is 23.3 Å². The molecule has 0 saturated heterocycles. The van der Waals surface area contributed by atoms with Gasteiger partial charge in [0.1, 0.15) is 23.0 Å². The van der Waals surface area contributed by atoms with Crippen molar-refractivity contribution in [2.24, 2.45) is 5.73 Å². The number of nitrogens with two attached hydrogens (primary N) is 1. The summed E-state index contributed by atoms with van der Waals surface area (Å²) >= 11 is 5.81. The maximum absolute atomic E-state index is 13.5. The van der Waals surface area contributed by atoms with Gasteiger partial charge in [0.25, 0.3) is 0 Å². The molecule has 2 aromatic carbocycles. The van der Waals surface area contributed by atoms with Crippen LogP contribution in [0.5, 0.6) is 11.5 Å². The van der Waals surface area contributed by atoms with Crippen molar-refractivity contribution in [1.29, 1.82) is 5.41 Å². The van der Waals surface area contributed by atoms with Gasteiger partial charge < -0.3 is 10.5 Å². The lowest BCUT2D eigenvalue weighted by Crippen LogP contribution is -2.24. The van der Waals surface area contributed by atoms with E-state index in [9.17, 15) is 17.6 Å². The molecular formula is C20H12ClF4N5O. The van der Waals surface area contributed by atoms with Crippen molar-refractivity contribution < 1.29 is 22.3 Å². The lowest BCUT2D eigenvalue weighted by Gasteiger charge is -2.15. The molecule has 11 heteroatoms. The second-order valence-corrected chi connectivity index (χ2v) is 6.83. The van der Waals surface area contributed by atoms with Gasteiger partial charge in [-0.15, -0.1) is 0 Å². The number of rotatable bonds is 4. The number of allylic oxidation sites excluding steroid dienone is 1. The molecule has 0 aliphatic carbocycles. The van der Waals surface area contributed by atoms with Crippen molar-refractivity contribution in [1.82, 2.24) is 15.2 Å². The minimum atomic E-state index is -4.93. The first kappa shape index (κ1) is 20.6. The number of aromatic nitrogens is 3. The molecule has 0 aliphatic rings. The normalized spacial score (nSPS) is 12.5. The predicted molar refractivity (Wildman–Crippen MR) is 109 cm³/mol. The molecule has 0 unspecified atom stereocenters. The third kappa shape index (κ3) is 3.77. The van der Waals surface area contributed by atoms with Gasteiger partial charge in [-0.1, -0.05) is 11.6 Å². The van der Waals surface area contributed by atoms with E-state index in [0.717, 1.165) is 6.07 Å².